The highest BCUT2D eigenvalue weighted by molar-refractivity contribution is 6.07. The van der Waals surface area contributed by atoms with E-state index in [4.69, 9.17) is 0 Å². The van der Waals surface area contributed by atoms with Crippen molar-refractivity contribution >= 4 is 17.7 Å². The molecular formula is C18H19F3N2O3. The molecule has 0 aromatic heterocycles. The molecule has 1 aliphatic heterocycles. The number of benzene rings is 1. The van der Waals surface area contributed by atoms with Gasteiger partial charge in [-0.1, -0.05) is 25.0 Å². The predicted octanol–water partition coefficient (Wildman–Crippen LogP) is 2.50. The van der Waals surface area contributed by atoms with E-state index in [1.807, 2.05) is 0 Å². The number of carbonyl (C=O) groups is 3. The van der Waals surface area contributed by atoms with Crippen LogP contribution in [0, 0.1) is 11.8 Å². The van der Waals surface area contributed by atoms with Gasteiger partial charge in [0.1, 0.15) is 6.54 Å². The van der Waals surface area contributed by atoms with Crippen LogP contribution in [-0.4, -0.2) is 29.2 Å². The Hall–Kier alpha value is -2.38. The Kier molecular flexibility index (Phi) is 5.02. The second-order valence-electron chi connectivity index (χ2n) is 6.73. The molecule has 26 heavy (non-hydrogen) atoms. The Morgan fingerprint density at radius 2 is 1.58 bits per heavy atom. The SMILES string of the molecule is O=C(CN1C(=O)C2CCCCC2C1=O)NCc1ccc(C(F)(F)F)cc1. The van der Waals surface area contributed by atoms with Gasteiger partial charge in [0, 0.05) is 6.54 Å². The van der Waals surface area contributed by atoms with Crippen molar-refractivity contribution in [1.29, 1.82) is 0 Å². The molecule has 8 heteroatoms. The summed E-state index contributed by atoms with van der Waals surface area (Å²) in [6.07, 6.45) is -1.23. The Bertz CT molecular complexity index is 691. The third kappa shape index (κ3) is 3.73. The van der Waals surface area contributed by atoms with E-state index < -0.39 is 17.6 Å². The van der Waals surface area contributed by atoms with Gasteiger partial charge in [-0.05, 0) is 30.5 Å². The molecule has 2 unspecified atom stereocenters. The number of halogens is 3. The standard InChI is InChI=1S/C18H19F3N2O3/c19-18(20,21)12-7-5-11(6-8-12)9-22-15(24)10-23-16(25)13-3-1-2-4-14(13)17(23)26/h5-8,13-14H,1-4,9-10H2,(H,22,24). The number of likely N-dealkylation sites (tertiary alicyclic amines) is 1. The van der Waals surface area contributed by atoms with Crippen LogP contribution in [-0.2, 0) is 27.1 Å². The van der Waals surface area contributed by atoms with Crippen molar-refractivity contribution in [2.45, 2.75) is 38.4 Å². The van der Waals surface area contributed by atoms with Crippen LogP contribution < -0.4 is 5.32 Å². The number of nitrogens with zero attached hydrogens (tertiary/aromatic N) is 1. The number of fused-ring (bicyclic) bond motifs is 1. The van der Waals surface area contributed by atoms with E-state index in [0.29, 0.717) is 18.4 Å². The smallest absolute Gasteiger partial charge is 0.350 e. The average molecular weight is 368 g/mol. The number of hydrogen-bond donors (Lipinski definition) is 1. The summed E-state index contributed by atoms with van der Waals surface area (Å²) in [5, 5.41) is 2.54. The maximum atomic E-state index is 12.5. The summed E-state index contributed by atoms with van der Waals surface area (Å²) in [5.74, 6) is -1.70. The minimum atomic E-state index is -4.41. The highest BCUT2D eigenvalue weighted by Crippen LogP contribution is 2.37. The average Bonchev–Trinajstić information content (AvgIpc) is 2.85. The van der Waals surface area contributed by atoms with E-state index in [0.717, 1.165) is 29.9 Å². The van der Waals surface area contributed by atoms with E-state index in [2.05, 4.69) is 5.32 Å². The quantitative estimate of drug-likeness (QED) is 0.831. The summed E-state index contributed by atoms with van der Waals surface area (Å²) in [6.45, 7) is -0.314. The Labute approximate surface area is 148 Å². The Morgan fingerprint density at radius 3 is 2.08 bits per heavy atom. The summed E-state index contributed by atoms with van der Waals surface area (Å²) >= 11 is 0. The molecule has 1 aliphatic carbocycles. The summed E-state index contributed by atoms with van der Waals surface area (Å²) in [4.78, 5) is 37.7. The molecular weight excluding hydrogens is 349 g/mol. The Morgan fingerprint density at radius 1 is 1.04 bits per heavy atom. The molecule has 3 amide bonds. The van der Waals surface area contributed by atoms with E-state index in [9.17, 15) is 27.6 Å². The van der Waals surface area contributed by atoms with Gasteiger partial charge in [0.05, 0.1) is 17.4 Å². The van der Waals surface area contributed by atoms with Gasteiger partial charge >= 0.3 is 6.18 Å². The molecule has 1 N–H and O–H groups in total. The van der Waals surface area contributed by atoms with Crippen molar-refractivity contribution in [2.24, 2.45) is 11.8 Å². The van der Waals surface area contributed by atoms with Crippen molar-refractivity contribution in [2.75, 3.05) is 6.54 Å². The zero-order chi connectivity index (χ0) is 18.9. The van der Waals surface area contributed by atoms with Crippen LogP contribution in [0.25, 0.3) is 0 Å². The number of rotatable bonds is 4. The fraction of sp³-hybridized carbons (Fsp3) is 0.500. The molecule has 2 fully saturated rings. The zero-order valence-corrected chi connectivity index (χ0v) is 14.0. The van der Waals surface area contributed by atoms with Crippen molar-refractivity contribution in [3.63, 3.8) is 0 Å². The molecule has 0 spiro atoms. The van der Waals surface area contributed by atoms with Gasteiger partial charge in [-0.3, -0.25) is 19.3 Å². The number of amides is 3. The molecule has 0 radical (unpaired) electrons. The minimum absolute atomic E-state index is 0.0278. The van der Waals surface area contributed by atoms with Crippen molar-refractivity contribution in [1.82, 2.24) is 10.2 Å². The van der Waals surface area contributed by atoms with Crippen molar-refractivity contribution in [3.05, 3.63) is 35.4 Å². The van der Waals surface area contributed by atoms with Crippen molar-refractivity contribution < 1.29 is 27.6 Å². The van der Waals surface area contributed by atoms with Crippen LogP contribution >= 0.6 is 0 Å². The first-order chi connectivity index (χ1) is 12.3. The molecule has 1 saturated carbocycles. The van der Waals surface area contributed by atoms with Gasteiger partial charge in [0.15, 0.2) is 0 Å². The van der Waals surface area contributed by atoms with Gasteiger partial charge in [-0.2, -0.15) is 13.2 Å². The number of hydrogen-bond acceptors (Lipinski definition) is 3. The monoisotopic (exact) mass is 368 g/mol. The van der Waals surface area contributed by atoms with E-state index in [1.54, 1.807) is 0 Å². The van der Waals surface area contributed by atoms with Crippen LogP contribution in [0.4, 0.5) is 13.2 Å². The molecule has 1 aromatic rings. The van der Waals surface area contributed by atoms with Crippen LogP contribution in [0.3, 0.4) is 0 Å². The predicted molar refractivity (Wildman–Crippen MR) is 85.5 cm³/mol. The summed E-state index contributed by atoms with van der Waals surface area (Å²) in [6, 6.07) is 4.45. The number of carbonyl (C=O) groups excluding carboxylic acids is 3. The van der Waals surface area contributed by atoms with E-state index in [1.165, 1.54) is 12.1 Å². The molecule has 2 atom stereocenters. The summed E-state index contributed by atoms with van der Waals surface area (Å²) in [7, 11) is 0. The summed E-state index contributed by atoms with van der Waals surface area (Å²) < 4.78 is 37.6. The fourth-order valence-corrected chi connectivity index (χ4v) is 3.60. The van der Waals surface area contributed by atoms with Gasteiger partial charge in [-0.15, -0.1) is 0 Å². The highest BCUT2D eigenvalue weighted by Gasteiger charge is 2.48. The number of nitrogens with one attached hydrogen (secondary N) is 1. The summed E-state index contributed by atoms with van der Waals surface area (Å²) in [5.41, 5.74) is -0.262. The topological polar surface area (TPSA) is 66.5 Å². The van der Waals surface area contributed by atoms with Crippen molar-refractivity contribution in [3.8, 4) is 0 Å². The molecule has 1 heterocycles. The van der Waals surface area contributed by atoms with E-state index in [-0.39, 0.29) is 36.7 Å². The highest BCUT2D eigenvalue weighted by atomic mass is 19.4. The third-order valence-corrected chi connectivity index (χ3v) is 5.01. The molecule has 3 rings (SSSR count). The van der Waals surface area contributed by atoms with Crippen LogP contribution in [0.5, 0.6) is 0 Å². The normalized spacial score (nSPS) is 23.1. The number of alkyl halides is 3. The van der Waals surface area contributed by atoms with Crippen LogP contribution in [0.1, 0.15) is 36.8 Å². The molecule has 2 aliphatic rings. The number of imide groups is 1. The van der Waals surface area contributed by atoms with E-state index >= 15 is 0 Å². The third-order valence-electron chi connectivity index (χ3n) is 5.01. The maximum absolute atomic E-state index is 12.5. The molecule has 1 aromatic carbocycles. The van der Waals surface area contributed by atoms with Gasteiger partial charge in [0.2, 0.25) is 17.7 Å². The second kappa shape index (κ2) is 7.09. The lowest BCUT2D eigenvalue weighted by molar-refractivity contribution is -0.143. The Balaban J connectivity index is 1.54. The molecule has 0 bridgehead atoms. The van der Waals surface area contributed by atoms with Crippen LogP contribution in [0.2, 0.25) is 0 Å². The lowest BCUT2D eigenvalue weighted by Gasteiger charge is -2.19. The molecule has 140 valence electrons. The first-order valence-corrected chi connectivity index (χ1v) is 8.55. The van der Waals surface area contributed by atoms with Gasteiger partial charge in [0.25, 0.3) is 0 Å². The first kappa shape index (κ1) is 18.4. The molecule has 5 nitrogen and oxygen atoms in total. The second-order valence-corrected chi connectivity index (χ2v) is 6.73. The van der Waals surface area contributed by atoms with Gasteiger partial charge < -0.3 is 5.32 Å². The fourth-order valence-electron chi connectivity index (χ4n) is 3.60. The largest absolute Gasteiger partial charge is 0.416 e. The van der Waals surface area contributed by atoms with Gasteiger partial charge in [-0.25, -0.2) is 0 Å². The lowest BCUT2D eigenvalue weighted by atomic mass is 9.81. The minimum Gasteiger partial charge on any atom is -0.350 e. The van der Waals surface area contributed by atoms with Crippen LogP contribution in [0.15, 0.2) is 24.3 Å². The zero-order valence-electron chi connectivity index (χ0n) is 14.0. The first-order valence-electron chi connectivity index (χ1n) is 8.55. The molecule has 1 saturated heterocycles. The lowest BCUT2D eigenvalue weighted by Crippen LogP contribution is -2.40. The maximum Gasteiger partial charge on any atom is 0.416 e.